The maximum absolute atomic E-state index is 13.7. The number of para-hydroxylation sites is 1. The number of nitrogens with zero attached hydrogens (tertiary/aromatic N) is 4. The Morgan fingerprint density at radius 2 is 1.69 bits per heavy atom. The van der Waals surface area contributed by atoms with E-state index in [1.807, 2.05) is 6.92 Å². The first-order valence-corrected chi connectivity index (χ1v) is 13.6. The summed E-state index contributed by atoms with van der Waals surface area (Å²) in [6.07, 6.45) is -0.598. The van der Waals surface area contributed by atoms with Crippen molar-refractivity contribution in [3.05, 3.63) is 46.7 Å². The molecule has 1 aliphatic rings. The summed E-state index contributed by atoms with van der Waals surface area (Å²) < 4.78 is 16.7. The van der Waals surface area contributed by atoms with Crippen molar-refractivity contribution >= 4 is 35.0 Å². The standard InChI is InChI=1S/C28H37N7O7/c1-14-11-35(15(2)13-36)26(37)20-9-8-10-21(29-27(38)30-23-16(3)32-41-18(23)5)25(20)40-22(14)12-34(7)28(39)31-24-17(4)33-42-19(24)6/h8-10,14-15,22,36H,11-13H2,1-7H3,(H,31,39)(H2,29,30,38)/t14-,15+,22+/m0/s1. The van der Waals surface area contributed by atoms with Gasteiger partial charge in [0.2, 0.25) is 0 Å². The summed E-state index contributed by atoms with van der Waals surface area (Å²) in [7, 11) is 1.63. The molecule has 0 spiro atoms. The second-order valence-corrected chi connectivity index (χ2v) is 10.6. The number of aliphatic hydroxyl groups is 1. The Balaban J connectivity index is 1.64. The van der Waals surface area contributed by atoms with Gasteiger partial charge in [-0.3, -0.25) is 4.79 Å². The lowest BCUT2D eigenvalue weighted by molar-refractivity contribution is 0.0373. The van der Waals surface area contributed by atoms with Gasteiger partial charge < -0.3 is 44.6 Å². The van der Waals surface area contributed by atoms with E-state index in [9.17, 15) is 19.5 Å². The molecule has 4 rings (SSSR count). The molecular weight excluding hydrogens is 546 g/mol. The Labute approximate surface area is 243 Å². The van der Waals surface area contributed by atoms with Gasteiger partial charge in [0.1, 0.15) is 28.9 Å². The van der Waals surface area contributed by atoms with Crippen molar-refractivity contribution in [1.29, 1.82) is 0 Å². The van der Waals surface area contributed by atoms with Crippen molar-refractivity contribution in [2.75, 3.05) is 42.7 Å². The van der Waals surface area contributed by atoms with Crippen LogP contribution in [0.15, 0.2) is 27.2 Å². The van der Waals surface area contributed by atoms with Gasteiger partial charge in [-0.2, -0.15) is 0 Å². The van der Waals surface area contributed by atoms with E-state index >= 15 is 0 Å². The van der Waals surface area contributed by atoms with Gasteiger partial charge in [0, 0.05) is 19.5 Å². The normalized spacial score (nSPS) is 17.4. The molecule has 0 aliphatic carbocycles. The lowest BCUT2D eigenvalue weighted by atomic mass is 9.99. The largest absolute Gasteiger partial charge is 0.485 e. The number of aromatic nitrogens is 2. The number of benzene rings is 1. The molecular formula is C28H37N7O7. The van der Waals surface area contributed by atoms with Crippen LogP contribution >= 0.6 is 0 Å². The average Bonchev–Trinajstić information content (AvgIpc) is 3.44. The monoisotopic (exact) mass is 583 g/mol. The van der Waals surface area contributed by atoms with Gasteiger partial charge in [-0.1, -0.05) is 23.3 Å². The molecule has 14 heteroatoms. The molecule has 0 unspecified atom stereocenters. The van der Waals surface area contributed by atoms with Crippen LogP contribution in [0.25, 0.3) is 0 Å². The Bertz CT molecular complexity index is 1430. The zero-order chi connectivity index (χ0) is 30.7. The summed E-state index contributed by atoms with van der Waals surface area (Å²) >= 11 is 0. The van der Waals surface area contributed by atoms with Crippen LogP contribution < -0.4 is 20.7 Å². The number of nitrogens with one attached hydrogen (secondary N) is 3. The number of fused-ring (bicyclic) bond motifs is 1. The third-order valence-electron chi connectivity index (χ3n) is 7.28. The quantitative estimate of drug-likeness (QED) is 0.321. The molecule has 0 saturated carbocycles. The maximum Gasteiger partial charge on any atom is 0.323 e. The number of aryl methyl sites for hydroxylation is 4. The van der Waals surface area contributed by atoms with Gasteiger partial charge in [0.15, 0.2) is 17.3 Å². The summed E-state index contributed by atoms with van der Waals surface area (Å²) in [5.41, 5.74) is 2.46. The predicted octanol–water partition coefficient (Wildman–Crippen LogP) is 3.92. The second kappa shape index (κ2) is 12.5. The first-order chi connectivity index (χ1) is 19.9. The van der Waals surface area contributed by atoms with Gasteiger partial charge in [0.25, 0.3) is 5.91 Å². The van der Waals surface area contributed by atoms with Crippen LogP contribution in [0, 0.1) is 33.6 Å². The number of anilines is 3. The minimum absolute atomic E-state index is 0.144. The molecule has 0 saturated heterocycles. The van der Waals surface area contributed by atoms with E-state index < -0.39 is 24.2 Å². The van der Waals surface area contributed by atoms with Crippen LogP contribution in [0.2, 0.25) is 0 Å². The summed E-state index contributed by atoms with van der Waals surface area (Å²) in [6.45, 7) is 10.6. The molecule has 5 amide bonds. The van der Waals surface area contributed by atoms with Crippen molar-refractivity contribution < 1.29 is 33.3 Å². The summed E-state index contributed by atoms with van der Waals surface area (Å²) in [6, 6.07) is 3.40. The van der Waals surface area contributed by atoms with Gasteiger partial charge >= 0.3 is 12.1 Å². The minimum atomic E-state index is -0.598. The van der Waals surface area contributed by atoms with Gasteiger partial charge in [-0.15, -0.1) is 0 Å². The molecule has 14 nitrogen and oxygen atoms in total. The number of ether oxygens (including phenoxy) is 1. The lowest BCUT2D eigenvalue weighted by Gasteiger charge is -2.38. The van der Waals surface area contributed by atoms with Crippen LogP contribution in [0.4, 0.5) is 26.7 Å². The third kappa shape index (κ3) is 6.33. The molecule has 4 N–H and O–H groups in total. The highest BCUT2D eigenvalue weighted by Gasteiger charge is 2.35. The molecule has 3 heterocycles. The van der Waals surface area contributed by atoms with Crippen molar-refractivity contribution in [2.45, 2.75) is 53.7 Å². The molecule has 2 aromatic heterocycles. The molecule has 1 aromatic carbocycles. The van der Waals surface area contributed by atoms with Crippen molar-refractivity contribution in [1.82, 2.24) is 20.1 Å². The zero-order valence-electron chi connectivity index (χ0n) is 24.8. The molecule has 0 fully saturated rings. The smallest absolute Gasteiger partial charge is 0.323 e. The van der Waals surface area contributed by atoms with E-state index in [-0.39, 0.29) is 48.5 Å². The predicted molar refractivity (Wildman–Crippen MR) is 154 cm³/mol. The summed E-state index contributed by atoms with van der Waals surface area (Å²) in [5.74, 6) is 0.461. The number of aliphatic hydroxyl groups excluding tert-OH is 1. The fourth-order valence-electron chi connectivity index (χ4n) is 4.70. The number of amides is 5. The van der Waals surface area contributed by atoms with Crippen LogP contribution in [0.5, 0.6) is 5.75 Å². The Morgan fingerprint density at radius 1 is 1.07 bits per heavy atom. The zero-order valence-corrected chi connectivity index (χ0v) is 24.8. The van der Waals surface area contributed by atoms with E-state index in [1.54, 1.807) is 64.8 Å². The topological polar surface area (TPSA) is 175 Å². The van der Waals surface area contributed by atoms with Crippen LogP contribution in [-0.4, -0.2) is 82.1 Å². The van der Waals surface area contributed by atoms with Crippen molar-refractivity contribution in [3.8, 4) is 5.75 Å². The average molecular weight is 584 g/mol. The highest BCUT2D eigenvalue weighted by molar-refractivity contribution is 6.04. The summed E-state index contributed by atoms with van der Waals surface area (Å²) in [4.78, 5) is 42.8. The molecule has 1 aliphatic heterocycles. The first-order valence-electron chi connectivity index (χ1n) is 13.6. The summed E-state index contributed by atoms with van der Waals surface area (Å²) in [5, 5.41) is 25.9. The number of rotatable bonds is 7. The maximum atomic E-state index is 13.7. The first kappa shape index (κ1) is 30.4. The minimum Gasteiger partial charge on any atom is -0.485 e. The van der Waals surface area contributed by atoms with Gasteiger partial charge in [0.05, 0.1) is 30.4 Å². The van der Waals surface area contributed by atoms with Crippen molar-refractivity contribution in [3.63, 3.8) is 0 Å². The van der Waals surface area contributed by atoms with E-state index in [1.165, 1.54) is 4.90 Å². The molecule has 226 valence electrons. The highest BCUT2D eigenvalue weighted by atomic mass is 16.5. The number of carbonyl (C=O) groups is 3. The van der Waals surface area contributed by atoms with Crippen LogP contribution in [-0.2, 0) is 0 Å². The number of hydrogen-bond donors (Lipinski definition) is 4. The van der Waals surface area contributed by atoms with Gasteiger partial charge in [-0.05, 0) is 46.8 Å². The second-order valence-electron chi connectivity index (χ2n) is 10.6. The highest BCUT2D eigenvalue weighted by Crippen LogP contribution is 2.35. The SMILES string of the molecule is Cc1noc(C)c1NC(=O)Nc1cccc2c1O[C@H](CN(C)C(=O)Nc1c(C)noc1C)[C@@H](C)CN([C@H](C)CO)C2=O. The number of urea groups is 2. The van der Waals surface area contributed by atoms with E-state index in [0.29, 0.717) is 34.3 Å². The lowest BCUT2D eigenvalue weighted by Crippen LogP contribution is -2.50. The van der Waals surface area contributed by atoms with Crippen LogP contribution in [0.3, 0.4) is 0 Å². The fraction of sp³-hybridized carbons (Fsp3) is 0.464. The molecule has 3 atom stereocenters. The van der Waals surface area contributed by atoms with Crippen LogP contribution in [0.1, 0.15) is 47.1 Å². The van der Waals surface area contributed by atoms with Crippen molar-refractivity contribution in [2.24, 2.45) is 5.92 Å². The molecule has 0 radical (unpaired) electrons. The van der Waals surface area contributed by atoms with E-state index in [0.717, 1.165) is 0 Å². The molecule has 0 bridgehead atoms. The van der Waals surface area contributed by atoms with E-state index in [4.69, 9.17) is 13.8 Å². The van der Waals surface area contributed by atoms with Gasteiger partial charge in [-0.25, -0.2) is 9.59 Å². The molecule has 3 aromatic rings. The number of likely N-dealkylation sites (N-methyl/N-ethyl adjacent to an activating group) is 1. The van der Waals surface area contributed by atoms with E-state index in [2.05, 4.69) is 26.3 Å². The Morgan fingerprint density at radius 3 is 2.26 bits per heavy atom. The number of carbonyl (C=O) groups excluding carboxylic acids is 3. The molecule has 42 heavy (non-hydrogen) atoms. The Hall–Kier alpha value is -4.59. The number of hydrogen-bond acceptors (Lipinski definition) is 9. The fourth-order valence-corrected chi connectivity index (χ4v) is 4.70. The Kier molecular flexibility index (Phi) is 9.05. The third-order valence-corrected chi connectivity index (χ3v) is 7.28.